The topological polar surface area (TPSA) is 73.1 Å². The summed E-state index contributed by atoms with van der Waals surface area (Å²) in [7, 11) is 0. The van der Waals surface area contributed by atoms with Gasteiger partial charge in [-0.05, 0) is 56.9 Å². The van der Waals surface area contributed by atoms with Crippen LogP contribution in [0.3, 0.4) is 0 Å². The molecule has 0 bridgehead atoms. The third-order valence-corrected chi connectivity index (χ3v) is 4.58. The zero-order valence-electron chi connectivity index (χ0n) is 14.1. The summed E-state index contributed by atoms with van der Waals surface area (Å²) in [6.07, 6.45) is 3.77. The molecule has 0 aliphatic carbocycles. The van der Waals surface area contributed by atoms with Crippen LogP contribution < -0.4 is 11.1 Å². The number of hydrogen-bond donors (Lipinski definition) is 2. The number of anilines is 2. The second-order valence-electron chi connectivity index (χ2n) is 6.84. The van der Waals surface area contributed by atoms with Crippen LogP contribution in [0.5, 0.6) is 0 Å². The molecule has 6 heteroatoms. The van der Waals surface area contributed by atoms with Gasteiger partial charge in [0.15, 0.2) is 0 Å². The SMILES string of the molecule is CC1(C)CC(CNc2ccc(Cl)c(-c3ccnc(N)c3)n2)CCO1. The van der Waals surface area contributed by atoms with Gasteiger partial charge in [0.25, 0.3) is 0 Å². The summed E-state index contributed by atoms with van der Waals surface area (Å²) in [5.74, 6) is 1.84. The molecule has 2 aromatic heterocycles. The molecule has 2 aromatic rings. The molecule has 1 aliphatic rings. The van der Waals surface area contributed by atoms with Gasteiger partial charge in [0, 0.05) is 24.9 Å². The third kappa shape index (κ3) is 4.16. The number of rotatable bonds is 4. The first-order valence-electron chi connectivity index (χ1n) is 8.19. The van der Waals surface area contributed by atoms with E-state index in [1.165, 1.54) is 0 Å². The van der Waals surface area contributed by atoms with Crippen molar-refractivity contribution in [2.24, 2.45) is 5.92 Å². The highest BCUT2D eigenvalue weighted by Gasteiger charge is 2.28. The molecule has 0 radical (unpaired) electrons. The highest BCUT2D eigenvalue weighted by molar-refractivity contribution is 6.33. The van der Waals surface area contributed by atoms with E-state index in [0.29, 0.717) is 22.5 Å². The van der Waals surface area contributed by atoms with E-state index in [4.69, 9.17) is 22.1 Å². The predicted octanol–water partition coefficient (Wildman–Crippen LogP) is 4.00. The van der Waals surface area contributed by atoms with Crippen LogP contribution in [0.2, 0.25) is 5.02 Å². The van der Waals surface area contributed by atoms with Crippen molar-refractivity contribution in [1.29, 1.82) is 0 Å². The number of nitrogens with two attached hydrogens (primary N) is 1. The lowest BCUT2D eigenvalue weighted by Gasteiger charge is -2.35. The zero-order valence-corrected chi connectivity index (χ0v) is 14.8. The minimum Gasteiger partial charge on any atom is -0.384 e. The van der Waals surface area contributed by atoms with Gasteiger partial charge in [-0.2, -0.15) is 0 Å². The Bertz CT molecular complexity index is 720. The Morgan fingerprint density at radius 1 is 1.38 bits per heavy atom. The van der Waals surface area contributed by atoms with Crippen LogP contribution in [-0.2, 0) is 4.74 Å². The molecule has 24 heavy (non-hydrogen) atoms. The van der Waals surface area contributed by atoms with Gasteiger partial charge < -0.3 is 15.8 Å². The normalized spacial score (nSPS) is 19.9. The third-order valence-electron chi connectivity index (χ3n) is 4.27. The van der Waals surface area contributed by atoms with Gasteiger partial charge in [0.05, 0.1) is 16.3 Å². The standard InChI is InChI=1S/C18H23ClN4O/c1-18(2)10-12(6-8-24-18)11-22-16-4-3-14(19)17(23-16)13-5-7-21-15(20)9-13/h3-5,7,9,12H,6,8,10-11H2,1-2H3,(H2,20,21)(H,22,23). The fourth-order valence-electron chi connectivity index (χ4n) is 3.12. The van der Waals surface area contributed by atoms with Gasteiger partial charge >= 0.3 is 0 Å². The second kappa shape index (κ2) is 6.95. The molecule has 1 saturated heterocycles. The van der Waals surface area contributed by atoms with E-state index in [2.05, 4.69) is 29.1 Å². The molecule has 0 spiro atoms. The minimum atomic E-state index is -0.0439. The maximum atomic E-state index is 6.30. The minimum absolute atomic E-state index is 0.0439. The molecule has 3 rings (SSSR count). The van der Waals surface area contributed by atoms with Crippen molar-refractivity contribution in [2.75, 3.05) is 24.2 Å². The Morgan fingerprint density at radius 2 is 2.21 bits per heavy atom. The van der Waals surface area contributed by atoms with Crippen molar-refractivity contribution in [3.8, 4) is 11.3 Å². The van der Waals surface area contributed by atoms with Crippen LogP contribution in [-0.4, -0.2) is 28.7 Å². The van der Waals surface area contributed by atoms with E-state index in [0.717, 1.165) is 37.4 Å². The van der Waals surface area contributed by atoms with Crippen LogP contribution in [0.15, 0.2) is 30.5 Å². The van der Waals surface area contributed by atoms with Gasteiger partial charge in [-0.3, -0.25) is 0 Å². The number of aromatic nitrogens is 2. The number of ether oxygens (including phenoxy) is 1. The molecule has 0 saturated carbocycles. The van der Waals surface area contributed by atoms with Crippen molar-refractivity contribution in [1.82, 2.24) is 9.97 Å². The monoisotopic (exact) mass is 346 g/mol. The van der Waals surface area contributed by atoms with E-state index < -0.39 is 0 Å². The quantitative estimate of drug-likeness (QED) is 0.875. The van der Waals surface area contributed by atoms with Crippen LogP contribution >= 0.6 is 11.6 Å². The Balaban J connectivity index is 1.72. The van der Waals surface area contributed by atoms with E-state index >= 15 is 0 Å². The molecule has 128 valence electrons. The zero-order chi connectivity index (χ0) is 17.2. The number of halogens is 1. The van der Waals surface area contributed by atoms with Gasteiger partial charge in [0.1, 0.15) is 11.6 Å². The first-order chi connectivity index (χ1) is 11.4. The Labute approximate surface area is 147 Å². The number of nitrogen functional groups attached to an aromatic ring is 1. The molecule has 1 fully saturated rings. The maximum absolute atomic E-state index is 6.30. The molecular weight excluding hydrogens is 324 g/mol. The summed E-state index contributed by atoms with van der Waals surface area (Å²) in [6.45, 7) is 5.98. The molecular formula is C18H23ClN4O. The highest BCUT2D eigenvalue weighted by Crippen LogP contribution is 2.30. The van der Waals surface area contributed by atoms with E-state index in [9.17, 15) is 0 Å². The maximum Gasteiger partial charge on any atom is 0.126 e. The highest BCUT2D eigenvalue weighted by atomic mass is 35.5. The Hall–Kier alpha value is -1.85. The second-order valence-corrected chi connectivity index (χ2v) is 7.25. The molecule has 1 aliphatic heterocycles. The molecule has 3 N–H and O–H groups in total. The molecule has 1 unspecified atom stereocenters. The molecule has 0 amide bonds. The average Bonchev–Trinajstić information content (AvgIpc) is 2.53. The Kier molecular flexibility index (Phi) is 4.92. The van der Waals surface area contributed by atoms with Gasteiger partial charge in [0.2, 0.25) is 0 Å². The molecule has 1 atom stereocenters. The fraction of sp³-hybridized carbons (Fsp3) is 0.444. The van der Waals surface area contributed by atoms with E-state index in [1.54, 1.807) is 12.3 Å². The van der Waals surface area contributed by atoms with Gasteiger partial charge in [-0.25, -0.2) is 9.97 Å². The largest absolute Gasteiger partial charge is 0.384 e. The molecule has 3 heterocycles. The van der Waals surface area contributed by atoms with Crippen molar-refractivity contribution in [3.63, 3.8) is 0 Å². The lowest BCUT2D eigenvalue weighted by molar-refractivity contribution is -0.0699. The van der Waals surface area contributed by atoms with Crippen molar-refractivity contribution in [2.45, 2.75) is 32.3 Å². The van der Waals surface area contributed by atoms with Crippen molar-refractivity contribution in [3.05, 3.63) is 35.5 Å². The van der Waals surface area contributed by atoms with Crippen LogP contribution in [0.25, 0.3) is 11.3 Å². The molecule has 0 aromatic carbocycles. The first-order valence-corrected chi connectivity index (χ1v) is 8.57. The number of nitrogens with zero attached hydrogens (tertiary/aromatic N) is 2. The van der Waals surface area contributed by atoms with Crippen molar-refractivity contribution < 1.29 is 4.74 Å². The number of hydrogen-bond acceptors (Lipinski definition) is 5. The Morgan fingerprint density at radius 3 is 2.96 bits per heavy atom. The van der Waals surface area contributed by atoms with Crippen LogP contribution in [0.1, 0.15) is 26.7 Å². The fourth-order valence-corrected chi connectivity index (χ4v) is 3.33. The van der Waals surface area contributed by atoms with E-state index in [1.807, 2.05) is 18.2 Å². The van der Waals surface area contributed by atoms with Crippen LogP contribution in [0, 0.1) is 5.92 Å². The number of pyridine rings is 2. The summed E-state index contributed by atoms with van der Waals surface area (Å²) in [5, 5.41) is 4.03. The predicted molar refractivity (Wildman–Crippen MR) is 98.1 cm³/mol. The van der Waals surface area contributed by atoms with Gasteiger partial charge in [-0.1, -0.05) is 11.6 Å². The smallest absolute Gasteiger partial charge is 0.126 e. The van der Waals surface area contributed by atoms with Gasteiger partial charge in [-0.15, -0.1) is 0 Å². The van der Waals surface area contributed by atoms with Crippen LogP contribution in [0.4, 0.5) is 11.6 Å². The van der Waals surface area contributed by atoms with E-state index in [-0.39, 0.29) is 5.60 Å². The average molecular weight is 347 g/mol. The first kappa shape index (κ1) is 17.0. The summed E-state index contributed by atoms with van der Waals surface area (Å²) in [5.41, 5.74) is 7.29. The summed E-state index contributed by atoms with van der Waals surface area (Å²) in [6, 6.07) is 7.39. The molecule has 5 nitrogen and oxygen atoms in total. The lowest BCUT2D eigenvalue weighted by atomic mass is 9.88. The lowest BCUT2D eigenvalue weighted by Crippen LogP contribution is -2.36. The summed E-state index contributed by atoms with van der Waals surface area (Å²) in [4.78, 5) is 8.65. The summed E-state index contributed by atoms with van der Waals surface area (Å²) < 4.78 is 5.77. The number of nitrogens with one attached hydrogen (secondary N) is 1. The summed E-state index contributed by atoms with van der Waals surface area (Å²) >= 11 is 6.30. The van der Waals surface area contributed by atoms with Crippen molar-refractivity contribution >= 4 is 23.2 Å².